The van der Waals surface area contributed by atoms with Crippen LogP contribution in [0.1, 0.15) is 5.76 Å². The summed E-state index contributed by atoms with van der Waals surface area (Å²) in [6.45, 7) is 0. The second-order valence-corrected chi connectivity index (χ2v) is 2.80. The largest absolute Gasteiger partial charge is 0.433 e. The summed E-state index contributed by atoms with van der Waals surface area (Å²) in [5, 5.41) is 10.1. The molecule has 5 heteroatoms. The van der Waals surface area contributed by atoms with Crippen LogP contribution >= 0.6 is 11.8 Å². The minimum absolute atomic E-state index is 0.186. The first kappa shape index (κ1) is 8.13. The first-order valence-electron chi connectivity index (χ1n) is 2.96. The molecule has 0 bridgehead atoms. The van der Waals surface area contributed by atoms with Crippen LogP contribution in [0.5, 0.6) is 0 Å². The molecule has 1 aromatic heterocycles. The van der Waals surface area contributed by atoms with Crippen LogP contribution in [0.25, 0.3) is 0 Å². The van der Waals surface area contributed by atoms with Gasteiger partial charge in [-0.3, -0.25) is 10.1 Å². The molecule has 0 radical (unpaired) electrons. The predicted octanol–water partition coefficient (Wildman–Crippen LogP) is 2.05. The lowest BCUT2D eigenvalue weighted by atomic mass is 10.5. The highest BCUT2D eigenvalue weighted by atomic mass is 32.2. The minimum Gasteiger partial charge on any atom is -0.405 e. The zero-order valence-electron chi connectivity index (χ0n) is 5.94. The highest BCUT2D eigenvalue weighted by Gasteiger charge is 2.10. The Bertz CT molecular complexity index is 258. The summed E-state index contributed by atoms with van der Waals surface area (Å²) in [6.07, 6.45) is 1.91. The van der Waals surface area contributed by atoms with E-state index in [0.29, 0.717) is 11.5 Å². The summed E-state index contributed by atoms with van der Waals surface area (Å²) in [4.78, 5) is 9.59. The number of thioether (sulfide) groups is 1. The number of nitro groups is 1. The van der Waals surface area contributed by atoms with Gasteiger partial charge in [-0.15, -0.1) is 0 Å². The smallest absolute Gasteiger partial charge is 0.405 e. The van der Waals surface area contributed by atoms with E-state index in [1.807, 2.05) is 6.26 Å². The van der Waals surface area contributed by atoms with Crippen LogP contribution in [-0.2, 0) is 5.75 Å². The Kier molecular flexibility index (Phi) is 2.53. The van der Waals surface area contributed by atoms with Gasteiger partial charge in [0.2, 0.25) is 0 Å². The van der Waals surface area contributed by atoms with E-state index in [1.54, 1.807) is 17.8 Å². The molecular weight excluding hydrogens is 166 g/mol. The van der Waals surface area contributed by atoms with Crippen LogP contribution in [0.4, 0.5) is 5.88 Å². The van der Waals surface area contributed by atoms with Gasteiger partial charge in [0, 0.05) is 0 Å². The fourth-order valence-corrected chi connectivity index (χ4v) is 1.12. The average molecular weight is 173 g/mol. The second-order valence-electron chi connectivity index (χ2n) is 1.93. The average Bonchev–Trinajstić information content (AvgIpc) is 2.37. The van der Waals surface area contributed by atoms with E-state index in [9.17, 15) is 10.1 Å². The topological polar surface area (TPSA) is 56.3 Å². The molecule has 0 aromatic carbocycles. The van der Waals surface area contributed by atoms with Gasteiger partial charge in [-0.25, -0.2) is 0 Å². The van der Waals surface area contributed by atoms with Crippen molar-refractivity contribution in [3.05, 3.63) is 28.0 Å². The number of hydrogen-bond acceptors (Lipinski definition) is 4. The molecule has 0 aliphatic rings. The molecule has 0 fully saturated rings. The lowest BCUT2D eigenvalue weighted by Crippen LogP contribution is -1.82. The van der Waals surface area contributed by atoms with Gasteiger partial charge in [-0.2, -0.15) is 11.8 Å². The molecule has 60 valence electrons. The molecule has 1 aromatic rings. The number of nitrogens with zero attached hydrogens (tertiary/aromatic N) is 1. The highest BCUT2D eigenvalue weighted by molar-refractivity contribution is 7.97. The van der Waals surface area contributed by atoms with Gasteiger partial charge in [0.05, 0.1) is 11.8 Å². The normalized spacial score (nSPS) is 9.91. The number of rotatable bonds is 3. The summed E-state index contributed by atoms with van der Waals surface area (Å²) in [5.41, 5.74) is 0. The van der Waals surface area contributed by atoms with Crippen LogP contribution in [0.2, 0.25) is 0 Å². The van der Waals surface area contributed by atoms with E-state index in [4.69, 9.17) is 4.42 Å². The van der Waals surface area contributed by atoms with Gasteiger partial charge in [0.25, 0.3) is 0 Å². The first-order valence-corrected chi connectivity index (χ1v) is 4.35. The standard InChI is InChI=1S/C6H7NO3S/c1-11-4-5-2-3-6(10-5)7(8)9/h2-3H,4H2,1H3. The third-order valence-corrected chi connectivity index (χ3v) is 1.69. The maximum absolute atomic E-state index is 10.1. The van der Waals surface area contributed by atoms with Gasteiger partial charge in [-0.05, 0) is 12.3 Å². The fraction of sp³-hybridized carbons (Fsp3) is 0.333. The Morgan fingerprint density at radius 2 is 2.45 bits per heavy atom. The van der Waals surface area contributed by atoms with Crippen molar-refractivity contribution in [1.29, 1.82) is 0 Å². The quantitative estimate of drug-likeness (QED) is 0.518. The molecule has 0 spiro atoms. The van der Waals surface area contributed by atoms with E-state index in [2.05, 4.69) is 0 Å². The molecule has 0 saturated carbocycles. The van der Waals surface area contributed by atoms with Crippen LogP contribution in [0.3, 0.4) is 0 Å². The predicted molar refractivity (Wildman–Crippen MR) is 42.6 cm³/mol. The Hall–Kier alpha value is -0.970. The van der Waals surface area contributed by atoms with Crippen LogP contribution in [-0.4, -0.2) is 11.2 Å². The van der Waals surface area contributed by atoms with E-state index >= 15 is 0 Å². The number of hydrogen-bond donors (Lipinski definition) is 0. The van der Waals surface area contributed by atoms with Crippen molar-refractivity contribution in [2.24, 2.45) is 0 Å². The third-order valence-electron chi connectivity index (χ3n) is 1.11. The molecule has 0 saturated heterocycles. The van der Waals surface area contributed by atoms with Crippen molar-refractivity contribution in [2.45, 2.75) is 5.75 Å². The van der Waals surface area contributed by atoms with Crippen LogP contribution < -0.4 is 0 Å². The van der Waals surface area contributed by atoms with Crippen molar-refractivity contribution in [3.8, 4) is 0 Å². The molecular formula is C6H7NO3S. The Morgan fingerprint density at radius 3 is 2.91 bits per heavy atom. The maximum Gasteiger partial charge on any atom is 0.433 e. The molecule has 0 atom stereocenters. The second kappa shape index (κ2) is 3.43. The Morgan fingerprint density at radius 1 is 1.73 bits per heavy atom. The third kappa shape index (κ3) is 1.98. The van der Waals surface area contributed by atoms with Crippen molar-refractivity contribution in [3.63, 3.8) is 0 Å². The van der Waals surface area contributed by atoms with Gasteiger partial charge >= 0.3 is 5.88 Å². The molecule has 11 heavy (non-hydrogen) atoms. The van der Waals surface area contributed by atoms with Crippen molar-refractivity contribution < 1.29 is 9.34 Å². The molecule has 1 rings (SSSR count). The summed E-state index contributed by atoms with van der Waals surface area (Å²) in [6, 6.07) is 2.99. The molecule has 0 unspecified atom stereocenters. The molecule has 1 heterocycles. The zero-order chi connectivity index (χ0) is 8.27. The fourth-order valence-electron chi connectivity index (χ4n) is 0.685. The summed E-state index contributed by atoms with van der Waals surface area (Å²) in [7, 11) is 0. The van der Waals surface area contributed by atoms with Crippen LogP contribution in [0.15, 0.2) is 16.5 Å². The van der Waals surface area contributed by atoms with Gasteiger partial charge in [0.15, 0.2) is 0 Å². The molecule has 0 aliphatic heterocycles. The van der Waals surface area contributed by atoms with E-state index < -0.39 is 4.92 Å². The molecule has 0 aliphatic carbocycles. The van der Waals surface area contributed by atoms with E-state index in [0.717, 1.165) is 0 Å². The monoisotopic (exact) mass is 173 g/mol. The lowest BCUT2D eigenvalue weighted by Gasteiger charge is -1.87. The molecule has 4 nitrogen and oxygen atoms in total. The Labute approximate surface area is 67.7 Å². The molecule has 0 N–H and O–H groups in total. The maximum atomic E-state index is 10.1. The van der Waals surface area contributed by atoms with Crippen molar-refractivity contribution >= 4 is 17.6 Å². The number of furan rings is 1. The summed E-state index contributed by atoms with van der Waals surface area (Å²) >= 11 is 1.56. The van der Waals surface area contributed by atoms with Gasteiger partial charge in [-0.1, -0.05) is 0 Å². The summed E-state index contributed by atoms with van der Waals surface area (Å²) in [5.74, 6) is 1.13. The van der Waals surface area contributed by atoms with E-state index in [1.165, 1.54) is 6.07 Å². The van der Waals surface area contributed by atoms with Gasteiger partial charge < -0.3 is 4.42 Å². The van der Waals surface area contributed by atoms with Crippen LogP contribution in [0, 0.1) is 10.1 Å². The lowest BCUT2D eigenvalue weighted by molar-refractivity contribution is -0.402. The highest BCUT2D eigenvalue weighted by Crippen LogP contribution is 2.18. The summed E-state index contributed by atoms with van der Waals surface area (Å²) < 4.78 is 4.87. The minimum atomic E-state index is -0.538. The Balaban J connectivity index is 2.73. The molecule has 0 amide bonds. The first-order chi connectivity index (χ1) is 5.24. The van der Waals surface area contributed by atoms with E-state index in [-0.39, 0.29) is 5.88 Å². The van der Waals surface area contributed by atoms with Gasteiger partial charge in [0.1, 0.15) is 10.7 Å². The van der Waals surface area contributed by atoms with Crippen molar-refractivity contribution in [2.75, 3.05) is 6.26 Å². The SMILES string of the molecule is CSCc1ccc([N+](=O)[O-])o1. The van der Waals surface area contributed by atoms with Crippen molar-refractivity contribution in [1.82, 2.24) is 0 Å². The zero-order valence-corrected chi connectivity index (χ0v) is 6.76.